The fourth-order valence-corrected chi connectivity index (χ4v) is 2.04. The van der Waals surface area contributed by atoms with Gasteiger partial charge in [-0.3, -0.25) is 14.8 Å². The second-order valence-corrected chi connectivity index (χ2v) is 4.26. The summed E-state index contributed by atoms with van der Waals surface area (Å²) < 4.78 is 2.07. The van der Waals surface area contributed by atoms with Crippen LogP contribution in [0.15, 0.2) is 0 Å². The number of rotatable bonds is 0. The smallest absolute Gasteiger partial charge is 0.322 e. The predicted octanol–water partition coefficient (Wildman–Crippen LogP) is -0.550. The van der Waals surface area contributed by atoms with Crippen LogP contribution in [0.2, 0.25) is 0 Å². The first-order valence-electron chi connectivity index (χ1n) is 4.26. The summed E-state index contributed by atoms with van der Waals surface area (Å²) in [5.74, 6) is -0.171. The van der Waals surface area contributed by atoms with Gasteiger partial charge in [0.25, 0.3) is 5.91 Å². The van der Waals surface area contributed by atoms with Crippen LogP contribution < -0.4 is 10.6 Å². The Morgan fingerprint density at radius 1 is 1.31 bits per heavy atom. The maximum Gasteiger partial charge on any atom is 0.322 e. The van der Waals surface area contributed by atoms with Crippen LogP contribution in [0.5, 0.6) is 0 Å². The molecule has 1 spiro atoms. The highest BCUT2D eigenvalue weighted by Crippen LogP contribution is 2.26. The fraction of sp³-hybridized carbons (Fsp3) is 0.714. The van der Waals surface area contributed by atoms with E-state index < -0.39 is 5.54 Å². The Morgan fingerprint density at radius 2 is 1.92 bits per heavy atom. The van der Waals surface area contributed by atoms with E-state index in [4.69, 9.17) is 0 Å². The Balaban J connectivity index is 2.13. The third-order valence-corrected chi connectivity index (χ3v) is 3.18. The number of amides is 3. The molecule has 0 bridgehead atoms. The molecule has 2 heterocycles. The third-order valence-electron chi connectivity index (χ3n) is 2.67. The lowest BCUT2D eigenvalue weighted by molar-refractivity contribution is -0.125. The molecule has 2 saturated heterocycles. The average Bonchev–Trinajstić information content (AvgIpc) is 2.34. The first kappa shape index (κ1) is 8.91. The lowest BCUT2D eigenvalue weighted by Gasteiger charge is -2.34. The summed E-state index contributed by atoms with van der Waals surface area (Å²) in [5.41, 5.74) is -0.621. The maximum absolute atomic E-state index is 11.4. The van der Waals surface area contributed by atoms with Gasteiger partial charge in [0.15, 0.2) is 0 Å². The number of hydrogen-bond donors (Lipinski definition) is 2. The van der Waals surface area contributed by atoms with Crippen LogP contribution >= 0.6 is 9.39 Å². The predicted molar refractivity (Wildman–Crippen MR) is 49.9 cm³/mol. The molecular weight excluding hydrogens is 189 g/mol. The van der Waals surface area contributed by atoms with Gasteiger partial charge in [-0.25, -0.2) is 4.79 Å². The molecule has 2 rings (SSSR count). The minimum atomic E-state index is -0.621. The molecule has 1 unspecified atom stereocenters. The minimum absolute atomic E-state index is 0.171. The Labute approximate surface area is 78.5 Å². The van der Waals surface area contributed by atoms with E-state index in [0.29, 0.717) is 12.8 Å². The van der Waals surface area contributed by atoms with Gasteiger partial charge in [-0.2, -0.15) is 0 Å². The molecule has 0 aromatic heterocycles. The summed E-state index contributed by atoms with van der Waals surface area (Å²) in [6.45, 7) is 1.64. The van der Waals surface area contributed by atoms with E-state index in [0.717, 1.165) is 13.1 Å². The number of carbonyl (C=O) groups excluding carboxylic acids is 2. The molecule has 0 aliphatic carbocycles. The molecule has 0 saturated carbocycles. The van der Waals surface area contributed by atoms with Gasteiger partial charge >= 0.3 is 6.03 Å². The van der Waals surface area contributed by atoms with Crippen molar-refractivity contribution in [1.29, 1.82) is 0 Å². The molecule has 2 aliphatic rings. The normalized spacial score (nSPS) is 27.5. The highest BCUT2D eigenvalue weighted by Gasteiger charge is 2.47. The van der Waals surface area contributed by atoms with Crippen molar-refractivity contribution in [3.05, 3.63) is 0 Å². The Morgan fingerprint density at radius 3 is 2.38 bits per heavy atom. The van der Waals surface area contributed by atoms with Crippen LogP contribution in [0.4, 0.5) is 4.79 Å². The van der Waals surface area contributed by atoms with Crippen LogP contribution in [-0.4, -0.2) is 35.2 Å². The van der Waals surface area contributed by atoms with Crippen molar-refractivity contribution in [2.45, 2.75) is 18.4 Å². The molecule has 2 N–H and O–H groups in total. The average molecular weight is 201 g/mol. The monoisotopic (exact) mass is 201 g/mol. The van der Waals surface area contributed by atoms with Crippen molar-refractivity contribution in [3.63, 3.8) is 0 Å². The van der Waals surface area contributed by atoms with Crippen LogP contribution in [0.25, 0.3) is 0 Å². The van der Waals surface area contributed by atoms with Gasteiger partial charge in [0.05, 0.1) is 0 Å². The number of piperidine rings is 1. The highest BCUT2D eigenvalue weighted by molar-refractivity contribution is 7.13. The molecule has 72 valence electrons. The number of hydrogen-bond acceptors (Lipinski definition) is 3. The van der Waals surface area contributed by atoms with E-state index in [1.165, 1.54) is 0 Å². The third kappa shape index (κ3) is 1.42. The zero-order valence-electron chi connectivity index (χ0n) is 7.17. The van der Waals surface area contributed by atoms with Crippen LogP contribution in [0.1, 0.15) is 12.8 Å². The summed E-state index contributed by atoms with van der Waals surface area (Å²) in [7, 11) is 2.61. The lowest BCUT2D eigenvalue weighted by Crippen LogP contribution is -2.53. The van der Waals surface area contributed by atoms with Crippen molar-refractivity contribution < 1.29 is 9.59 Å². The fourth-order valence-electron chi connectivity index (χ4n) is 1.79. The van der Waals surface area contributed by atoms with Crippen molar-refractivity contribution >= 4 is 21.3 Å². The molecule has 1 atom stereocenters. The van der Waals surface area contributed by atoms with Crippen molar-refractivity contribution in [1.82, 2.24) is 15.3 Å². The Kier molecular flexibility index (Phi) is 2.00. The summed E-state index contributed by atoms with van der Waals surface area (Å²) in [5, 5.41) is 4.98. The van der Waals surface area contributed by atoms with Crippen molar-refractivity contribution in [3.8, 4) is 0 Å². The molecule has 2 fully saturated rings. The summed E-state index contributed by atoms with van der Waals surface area (Å²) in [6.07, 6.45) is 1.38. The first-order valence-corrected chi connectivity index (χ1v) is 4.77. The number of carbonyl (C=O) groups is 2. The van der Waals surface area contributed by atoms with Gasteiger partial charge in [-0.15, -0.1) is 0 Å². The van der Waals surface area contributed by atoms with Gasteiger partial charge < -0.3 is 5.32 Å². The molecule has 3 amide bonds. The number of nitrogens with one attached hydrogen (secondary N) is 2. The van der Waals surface area contributed by atoms with Crippen molar-refractivity contribution in [2.24, 2.45) is 0 Å². The molecule has 0 aromatic rings. The van der Waals surface area contributed by atoms with E-state index in [1.807, 2.05) is 0 Å². The second-order valence-electron chi connectivity index (χ2n) is 3.53. The van der Waals surface area contributed by atoms with Gasteiger partial charge in [-0.05, 0) is 12.8 Å². The zero-order chi connectivity index (χ0) is 9.47. The van der Waals surface area contributed by atoms with Crippen LogP contribution in [0.3, 0.4) is 0 Å². The van der Waals surface area contributed by atoms with Gasteiger partial charge in [-0.1, -0.05) is 9.39 Å². The SMILES string of the molecule is O=C1NC(=O)C2(CCN(P)CC2)N1. The van der Waals surface area contributed by atoms with E-state index in [9.17, 15) is 9.59 Å². The summed E-state index contributed by atoms with van der Waals surface area (Å²) >= 11 is 0. The van der Waals surface area contributed by atoms with E-state index >= 15 is 0 Å². The summed E-state index contributed by atoms with van der Waals surface area (Å²) in [6, 6.07) is -0.359. The lowest BCUT2D eigenvalue weighted by atomic mass is 9.89. The first-order chi connectivity index (χ1) is 6.12. The largest absolute Gasteiger partial charge is 0.323 e. The van der Waals surface area contributed by atoms with Crippen LogP contribution in [-0.2, 0) is 4.79 Å². The standard InChI is InChI=1S/C7H12N3O2P/c11-5-7(9-6(12)8-5)1-3-10(13)4-2-7/h1-4,13H2,(H2,8,9,11,12). The van der Waals surface area contributed by atoms with Gasteiger partial charge in [0.2, 0.25) is 0 Å². The molecule has 6 heteroatoms. The molecular formula is C7H12N3O2P. The van der Waals surface area contributed by atoms with Gasteiger partial charge in [0, 0.05) is 13.1 Å². The summed E-state index contributed by atoms with van der Waals surface area (Å²) in [4.78, 5) is 22.4. The second kappa shape index (κ2) is 2.93. The van der Waals surface area contributed by atoms with E-state index in [2.05, 4.69) is 24.7 Å². The zero-order valence-corrected chi connectivity index (χ0v) is 8.32. The highest BCUT2D eigenvalue weighted by atomic mass is 31.0. The molecule has 0 aromatic carbocycles. The topological polar surface area (TPSA) is 61.4 Å². The quantitative estimate of drug-likeness (QED) is 0.408. The number of urea groups is 1. The van der Waals surface area contributed by atoms with Crippen LogP contribution in [0, 0.1) is 0 Å². The molecule has 2 aliphatic heterocycles. The maximum atomic E-state index is 11.4. The number of imide groups is 1. The molecule has 5 nitrogen and oxygen atoms in total. The molecule has 0 radical (unpaired) electrons. The van der Waals surface area contributed by atoms with Gasteiger partial charge in [0.1, 0.15) is 5.54 Å². The Bertz CT molecular complexity index is 260. The van der Waals surface area contributed by atoms with E-state index in [1.54, 1.807) is 0 Å². The minimum Gasteiger partial charge on any atom is -0.323 e. The van der Waals surface area contributed by atoms with Crippen molar-refractivity contribution in [2.75, 3.05) is 13.1 Å². The number of nitrogens with zero attached hydrogens (tertiary/aromatic N) is 1. The molecule has 13 heavy (non-hydrogen) atoms. The van der Waals surface area contributed by atoms with E-state index in [-0.39, 0.29) is 11.9 Å². The Hall–Kier alpha value is -0.670.